The van der Waals surface area contributed by atoms with Gasteiger partial charge in [-0.1, -0.05) is 13.0 Å². The van der Waals surface area contributed by atoms with E-state index in [0.717, 1.165) is 16.6 Å². The fourth-order valence-corrected chi connectivity index (χ4v) is 2.86. The van der Waals surface area contributed by atoms with E-state index in [-0.39, 0.29) is 10.2 Å². The topological polar surface area (TPSA) is 64.7 Å². The van der Waals surface area contributed by atoms with Crippen LogP contribution in [-0.4, -0.2) is 20.2 Å². The number of thiophene rings is 1. The number of hydrogen-bond donors (Lipinski definition) is 0. The van der Waals surface area contributed by atoms with E-state index in [1.807, 2.05) is 24.4 Å². The van der Waals surface area contributed by atoms with Crippen LogP contribution in [0.5, 0.6) is 0 Å². The van der Waals surface area contributed by atoms with Gasteiger partial charge >= 0.3 is 0 Å². The molecule has 0 fully saturated rings. The minimum Gasteiger partial charge on any atom is -0.410 e. The predicted molar refractivity (Wildman–Crippen MR) is 73.1 cm³/mol. The van der Waals surface area contributed by atoms with Gasteiger partial charge in [-0.2, -0.15) is 0 Å². The summed E-state index contributed by atoms with van der Waals surface area (Å²) in [5, 5.41) is 10.2. The standard InChI is InChI=1S/C12H9FN4OS2/c1-2-7-9(13)11(15-6-14-7)20-12-17-16-10(18-12)8-4-3-5-19-8/h3-6H,2H2,1H3. The van der Waals surface area contributed by atoms with E-state index in [4.69, 9.17) is 4.42 Å². The van der Waals surface area contributed by atoms with Gasteiger partial charge in [0.25, 0.3) is 11.1 Å². The summed E-state index contributed by atoms with van der Waals surface area (Å²) in [6.45, 7) is 1.83. The highest BCUT2D eigenvalue weighted by molar-refractivity contribution is 7.99. The van der Waals surface area contributed by atoms with Gasteiger partial charge in [-0.25, -0.2) is 14.4 Å². The predicted octanol–water partition coefficient (Wildman–Crippen LogP) is 3.44. The molecule has 20 heavy (non-hydrogen) atoms. The molecule has 0 atom stereocenters. The first-order valence-corrected chi connectivity index (χ1v) is 7.52. The van der Waals surface area contributed by atoms with Crippen molar-refractivity contribution in [2.75, 3.05) is 0 Å². The maximum absolute atomic E-state index is 14.0. The van der Waals surface area contributed by atoms with Crippen LogP contribution in [0.1, 0.15) is 12.6 Å². The van der Waals surface area contributed by atoms with Crippen molar-refractivity contribution in [3.05, 3.63) is 35.4 Å². The molecule has 0 spiro atoms. The lowest BCUT2D eigenvalue weighted by Gasteiger charge is -2.01. The highest BCUT2D eigenvalue weighted by atomic mass is 32.2. The lowest BCUT2D eigenvalue weighted by atomic mass is 10.3. The Morgan fingerprint density at radius 3 is 3.00 bits per heavy atom. The van der Waals surface area contributed by atoms with Gasteiger partial charge in [0, 0.05) is 0 Å². The van der Waals surface area contributed by atoms with Crippen LogP contribution in [0.4, 0.5) is 4.39 Å². The van der Waals surface area contributed by atoms with Crippen LogP contribution in [-0.2, 0) is 6.42 Å². The number of nitrogens with zero attached hydrogens (tertiary/aromatic N) is 4. The number of halogens is 1. The summed E-state index contributed by atoms with van der Waals surface area (Å²) in [6.07, 6.45) is 1.84. The third-order valence-corrected chi connectivity index (χ3v) is 4.16. The molecule has 8 heteroatoms. The Balaban J connectivity index is 1.85. The fraction of sp³-hybridized carbons (Fsp3) is 0.167. The molecular weight excluding hydrogens is 299 g/mol. The number of aromatic nitrogens is 4. The van der Waals surface area contributed by atoms with Crippen LogP contribution in [0.2, 0.25) is 0 Å². The Labute approximate surface area is 122 Å². The molecule has 0 radical (unpaired) electrons. The summed E-state index contributed by atoms with van der Waals surface area (Å²) in [7, 11) is 0. The second-order valence-corrected chi connectivity index (χ2v) is 5.63. The third-order valence-electron chi connectivity index (χ3n) is 2.49. The van der Waals surface area contributed by atoms with E-state index >= 15 is 0 Å². The average Bonchev–Trinajstić information content (AvgIpc) is 3.11. The summed E-state index contributed by atoms with van der Waals surface area (Å²) >= 11 is 2.50. The van der Waals surface area contributed by atoms with Gasteiger partial charge in [-0.3, -0.25) is 0 Å². The molecule has 3 aromatic heterocycles. The molecule has 3 aromatic rings. The highest BCUT2D eigenvalue weighted by Crippen LogP contribution is 2.31. The van der Waals surface area contributed by atoms with Crippen molar-refractivity contribution in [1.82, 2.24) is 20.2 Å². The van der Waals surface area contributed by atoms with Crippen LogP contribution < -0.4 is 0 Å². The zero-order chi connectivity index (χ0) is 13.9. The van der Waals surface area contributed by atoms with Crippen LogP contribution in [0.3, 0.4) is 0 Å². The quantitative estimate of drug-likeness (QED) is 0.688. The largest absolute Gasteiger partial charge is 0.410 e. The SMILES string of the molecule is CCc1ncnc(Sc2nnc(-c3cccs3)o2)c1F. The first-order valence-electron chi connectivity index (χ1n) is 5.82. The van der Waals surface area contributed by atoms with E-state index in [0.29, 0.717) is 18.0 Å². The number of aryl methyl sites for hydroxylation is 1. The van der Waals surface area contributed by atoms with Crippen molar-refractivity contribution >= 4 is 23.1 Å². The van der Waals surface area contributed by atoms with Crippen molar-refractivity contribution in [2.24, 2.45) is 0 Å². The molecule has 0 amide bonds. The van der Waals surface area contributed by atoms with Gasteiger partial charge in [-0.05, 0) is 29.6 Å². The third kappa shape index (κ3) is 2.56. The minimum atomic E-state index is -0.434. The van der Waals surface area contributed by atoms with Gasteiger partial charge < -0.3 is 4.42 Å². The molecule has 0 saturated carbocycles. The molecule has 0 aromatic carbocycles. The van der Waals surface area contributed by atoms with Crippen molar-refractivity contribution in [3.8, 4) is 10.8 Å². The van der Waals surface area contributed by atoms with Crippen molar-refractivity contribution in [3.63, 3.8) is 0 Å². The van der Waals surface area contributed by atoms with Crippen molar-refractivity contribution in [1.29, 1.82) is 0 Å². The maximum Gasteiger partial charge on any atom is 0.283 e. The molecule has 0 saturated heterocycles. The van der Waals surface area contributed by atoms with E-state index in [9.17, 15) is 4.39 Å². The van der Waals surface area contributed by atoms with E-state index in [2.05, 4.69) is 20.2 Å². The van der Waals surface area contributed by atoms with Crippen LogP contribution in [0.15, 0.2) is 38.5 Å². The number of rotatable bonds is 4. The van der Waals surface area contributed by atoms with E-state index in [1.165, 1.54) is 17.7 Å². The normalized spacial score (nSPS) is 10.9. The molecule has 3 heterocycles. The number of hydrogen-bond acceptors (Lipinski definition) is 7. The summed E-state index contributed by atoms with van der Waals surface area (Å²) < 4.78 is 19.5. The maximum atomic E-state index is 14.0. The van der Waals surface area contributed by atoms with E-state index < -0.39 is 5.82 Å². The van der Waals surface area contributed by atoms with E-state index in [1.54, 1.807) is 0 Å². The first kappa shape index (κ1) is 13.2. The Kier molecular flexibility index (Phi) is 3.75. The first-order chi connectivity index (χ1) is 9.78. The van der Waals surface area contributed by atoms with Crippen LogP contribution >= 0.6 is 23.1 Å². The van der Waals surface area contributed by atoms with Gasteiger partial charge in [0.1, 0.15) is 11.4 Å². The second kappa shape index (κ2) is 5.68. The van der Waals surface area contributed by atoms with Gasteiger partial charge in [0.15, 0.2) is 5.82 Å². The Morgan fingerprint density at radius 2 is 2.25 bits per heavy atom. The molecule has 0 aliphatic heterocycles. The minimum absolute atomic E-state index is 0.193. The average molecular weight is 308 g/mol. The van der Waals surface area contributed by atoms with Gasteiger partial charge in [-0.15, -0.1) is 21.5 Å². The monoisotopic (exact) mass is 308 g/mol. The summed E-state index contributed by atoms with van der Waals surface area (Å²) in [5.41, 5.74) is 0.375. The second-order valence-electron chi connectivity index (χ2n) is 3.75. The van der Waals surface area contributed by atoms with Crippen molar-refractivity contribution in [2.45, 2.75) is 23.6 Å². The van der Waals surface area contributed by atoms with Gasteiger partial charge in [0.05, 0.1) is 10.6 Å². The molecule has 0 N–H and O–H groups in total. The van der Waals surface area contributed by atoms with Crippen molar-refractivity contribution < 1.29 is 8.81 Å². The van der Waals surface area contributed by atoms with Crippen LogP contribution in [0.25, 0.3) is 10.8 Å². The Bertz CT molecular complexity index is 714. The molecule has 3 rings (SSSR count). The molecule has 0 bridgehead atoms. The molecule has 5 nitrogen and oxygen atoms in total. The van der Waals surface area contributed by atoms with Crippen LogP contribution in [0, 0.1) is 5.82 Å². The molecule has 0 aliphatic rings. The fourth-order valence-electron chi connectivity index (χ4n) is 1.54. The zero-order valence-corrected chi connectivity index (χ0v) is 12.0. The summed E-state index contributed by atoms with van der Waals surface area (Å²) in [4.78, 5) is 8.66. The molecule has 0 unspecified atom stereocenters. The Morgan fingerprint density at radius 1 is 1.35 bits per heavy atom. The Hall–Kier alpha value is -1.80. The van der Waals surface area contributed by atoms with Gasteiger partial charge in [0.2, 0.25) is 0 Å². The molecule has 102 valence electrons. The highest BCUT2D eigenvalue weighted by Gasteiger charge is 2.16. The molecule has 0 aliphatic carbocycles. The summed E-state index contributed by atoms with van der Waals surface area (Å²) in [6, 6.07) is 3.78. The zero-order valence-electron chi connectivity index (χ0n) is 10.4. The lowest BCUT2D eigenvalue weighted by Crippen LogP contribution is -1.97. The lowest BCUT2D eigenvalue weighted by molar-refractivity contribution is 0.465. The smallest absolute Gasteiger partial charge is 0.283 e. The molecular formula is C12H9FN4OS2. The summed E-state index contributed by atoms with van der Waals surface area (Å²) in [5.74, 6) is -0.0106.